The zero-order chi connectivity index (χ0) is 11.4. The number of halogens is 3. The summed E-state index contributed by atoms with van der Waals surface area (Å²) >= 11 is 0. The number of imidazole rings is 1. The molecule has 0 radical (unpaired) electrons. The summed E-state index contributed by atoms with van der Waals surface area (Å²) in [5.74, 6) is 1.93. The van der Waals surface area contributed by atoms with Crippen LogP contribution in [0.1, 0.15) is 24.6 Å². The van der Waals surface area contributed by atoms with Gasteiger partial charge in [-0.15, -0.1) is 37.2 Å². The Hall–Kier alpha value is -0.000000000000000111. The van der Waals surface area contributed by atoms with E-state index in [1.807, 2.05) is 6.20 Å². The van der Waals surface area contributed by atoms with Crippen LogP contribution in [0, 0.1) is 0 Å². The van der Waals surface area contributed by atoms with E-state index >= 15 is 0 Å². The standard InChI is InChI=1S/C12H22N4.3ClH/c1-15(2)9-10-16-8-7-14-12(16)11-3-5-13-6-4-11;;;/h7-8,11,13H,3-6,9-10H2,1-2H3;3*1H. The molecule has 0 spiro atoms. The SMILES string of the molecule is CN(C)CCn1ccnc1C1CCNCC1.Cl.Cl.Cl. The molecule has 0 unspecified atom stereocenters. The Morgan fingerprint density at radius 3 is 2.47 bits per heavy atom. The molecule has 2 rings (SSSR count). The summed E-state index contributed by atoms with van der Waals surface area (Å²) in [4.78, 5) is 6.75. The van der Waals surface area contributed by atoms with E-state index in [0.29, 0.717) is 5.92 Å². The van der Waals surface area contributed by atoms with Gasteiger partial charge in [0.15, 0.2) is 0 Å². The lowest BCUT2D eigenvalue weighted by molar-refractivity contribution is 0.369. The van der Waals surface area contributed by atoms with Crippen molar-refractivity contribution >= 4 is 37.2 Å². The van der Waals surface area contributed by atoms with Gasteiger partial charge in [0.05, 0.1) is 0 Å². The number of likely N-dealkylation sites (N-methyl/N-ethyl adjacent to an activating group) is 1. The fourth-order valence-corrected chi connectivity index (χ4v) is 2.26. The Morgan fingerprint density at radius 1 is 1.26 bits per heavy atom. The number of piperidine rings is 1. The molecule has 19 heavy (non-hydrogen) atoms. The van der Waals surface area contributed by atoms with Crippen LogP contribution in [0.5, 0.6) is 0 Å². The van der Waals surface area contributed by atoms with Crippen molar-refractivity contribution < 1.29 is 0 Å². The van der Waals surface area contributed by atoms with Gasteiger partial charge in [0.2, 0.25) is 0 Å². The number of nitrogens with one attached hydrogen (secondary N) is 1. The van der Waals surface area contributed by atoms with Crippen molar-refractivity contribution in [1.29, 1.82) is 0 Å². The van der Waals surface area contributed by atoms with Gasteiger partial charge in [-0.1, -0.05) is 0 Å². The third kappa shape index (κ3) is 6.32. The minimum atomic E-state index is 0. The highest BCUT2D eigenvalue weighted by molar-refractivity contribution is 5.86. The van der Waals surface area contributed by atoms with E-state index in [1.54, 1.807) is 0 Å². The minimum absolute atomic E-state index is 0. The van der Waals surface area contributed by atoms with Crippen molar-refractivity contribution in [3.05, 3.63) is 18.2 Å². The van der Waals surface area contributed by atoms with E-state index < -0.39 is 0 Å². The summed E-state index contributed by atoms with van der Waals surface area (Å²) < 4.78 is 2.32. The van der Waals surface area contributed by atoms with Crippen LogP contribution in [0.2, 0.25) is 0 Å². The first-order valence-corrected chi connectivity index (χ1v) is 6.14. The lowest BCUT2D eigenvalue weighted by atomic mass is 9.97. The smallest absolute Gasteiger partial charge is 0.111 e. The highest BCUT2D eigenvalue weighted by Crippen LogP contribution is 2.23. The molecule has 1 aromatic heterocycles. The van der Waals surface area contributed by atoms with Gasteiger partial charge in [-0.3, -0.25) is 0 Å². The van der Waals surface area contributed by atoms with Gasteiger partial charge in [0.1, 0.15) is 5.82 Å². The van der Waals surface area contributed by atoms with E-state index in [2.05, 4.69) is 40.1 Å². The van der Waals surface area contributed by atoms with Gasteiger partial charge in [-0.05, 0) is 40.0 Å². The van der Waals surface area contributed by atoms with Crippen LogP contribution in [0.3, 0.4) is 0 Å². The van der Waals surface area contributed by atoms with Gasteiger partial charge < -0.3 is 14.8 Å². The highest BCUT2D eigenvalue weighted by atomic mass is 35.5. The predicted octanol–water partition coefficient (Wildman–Crippen LogP) is 2.18. The highest BCUT2D eigenvalue weighted by Gasteiger charge is 2.19. The predicted molar refractivity (Wildman–Crippen MR) is 87.4 cm³/mol. The largest absolute Gasteiger partial charge is 0.333 e. The monoisotopic (exact) mass is 330 g/mol. The van der Waals surface area contributed by atoms with E-state index in [0.717, 1.165) is 26.2 Å². The first-order chi connectivity index (χ1) is 7.77. The normalized spacial score (nSPS) is 15.3. The Morgan fingerprint density at radius 2 is 1.89 bits per heavy atom. The van der Waals surface area contributed by atoms with Crippen molar-refractivity contribution in [1.82, 2.24) is 19.8 Å². The summed E-state index contributed by atoms with van der Waals surface area (Å²) in [5.41, 5.74) is 0. The molecule has 0 atom stereocenters. The molecule has 0 amide bonds. The zero-order valence-corrected chi connectivity index (χ0v) is 14.0. The summed E-state index contributed by atoms with van der Waals surface area (Å²) in [6, 6.07) is 0. The van der Waals surface area contributed by atoms with Crippen LogP contribution in [-0.2, 0) is 6.54 Å². The van der Waals surface area contributed by atoms with Crippen molar-refractivity contribution in [3.8, 4) is 0 Å². The molecule has 0 aliphatic carbocycles. The molecule has 0 bridgehead atoms. The topological polar surface area (TPSA) is 33.1 Å². The summed E-state index contributed by atoms with van der Waals surface area (Å²) in [5, 5.41) is 3.40. The Kier molecular flexibility index (Phi) is 12.0. The maximum Gasteiger partial charge on any atom is 0.111 e. The lowest BCUT2D eigenvalue weighted by Crippen LogP contribution is -2.28. The Bertz CT molecular complexity index is 325. The van der Waals surface area contributed by atoms with Crippen molar-refractivity contribution in [2.24, 2.45) is 0 Å². The van der Waals surface area contributed by atoms with E-state index in [-0.39, 0.29) is 37.2 Å². The Balaban J connectivity index is 0. The number of nitrogens with zero attached hydrogens (tertiary/aromatic N) is 3. The average molecular weight is 332 g/mol. The molecule has 1 N–H and O–H groups in total. The molecule has 114 valence electrons. The third-order valence-electron chi connectivity index (χ3n) is 3.24. The van der Waals surface area contributed by atoms with Gasteiger partial charge >= 0.3 is 0 Å². The molecule has 4 nitrogen and oxygen atoms in total. The molecular weight excluding hydrogens is 307 g/mol. The second-order valence-electron chi connectivity index (χ2n) is 4.81. The maximum absolute atomic E-state index is 4.53. The molecule has 2 heterocycles. The van der Waals surface area contributed by atoms with Crippen LogP contribution in [-0.4, -0.2) is 48.2 Å². The van der Waals surface area contributed by atoms with E-state index in [4.69, 9.17) is 0 Å². The van der Waals surface area contributed by atoms with Gasteiger partial charge in [-0.2, -0.15) is 0 Å². The molecule has 0 saturated carbocycles. The van der Waals surface area contributed by atoms with Crippen LogP contribution in [0.15, 0.2) is 12.4 Å². The van der Waals surface area contributed by atoms with E-state index in [1.165, 1.54) is 18.7 Å². The van der Waals surface area contributed by atoms with Crippen LogP contribution >= 0.6 is 37.2 Å². The quantitative estimate of drug-likeness (QED) is 0.918. The van der Waals surface area contributed by atoms with Gasteiger partial charge in [-0.25, -0.2) is 4.98 Å². The second kappa shape index (κ2) is 10.7. The molecule has 1 aliphatic heterocycles. The summed E-state index contributed by atoms with van der Waals surface area (Å²) in [6.07, 6.45) is 6.49. The third-order valence-corrected chi connectivity index (χ3v) is 3.24. The summed E-state index contributed by atoms with van der Waals surface area (Å²) in [6.45, 7) is 4.39. The first-order valence-electron chi connectivity index (χ1n) is 6.14. The zero-order valence-electron chi connectivity index (χ0n) is 11.5. The van der Waals surface area contributed by atoms with Crippen LogP contribution in [0.4, 0.5) is 0 Å². The summed E-state index contributed by atoms with van der Waals surface area (Å²) in [7, 11) is 4.22. The molecule has 0 aromatic carbocycles. The molecule has 1 aromatic rings. The number of hydrogen-bond donors (Lipinski definition) is 1. The fourth-order valence-electron chi connectivity index (χ4n) is 2.26. The van der Waals surface area contributed by atoms with Crippen LogP contribution < -0.4 is 5.32 Å². The Labute approximate surface area is 134 Å². The number of aromatic nitrogens is 2. The van der Waals surface area contributed by atoms with Gasteiger partial charge in [0, 0.05) is 31.4 Å². The van der Waals surface area contributed by atoms with Crippen molar-refractivity contribution in [2.45, 2.75) is 25.3 Å². The molecule has 1 aliphatic rings. The maximum atomic E-state index is 4.53. The van der Waals surface area contributed by atoms with Gasteiger partial charge in [0.25, 0.3) is 0 Å². The fraction of sp³-hybridized carbons (Fsp3) is 0.750. The second-order valence-corrected chi connectivity index (χ2v) is 4.81. The lowest BCUT2D eigenvalue weighted by Gasteiger charge is -2.23. The minimum Gasteiger partial charge on any atom is -0.333 e. The first kappa shape index (κ1) is 21.3. The van der Waals surface area contributed by atoms with Crippen molar-refractivity contribution in [3.63, 3.8) is 0 Å². The number of rotatable bonds is 4. The van der Waals surface area contributed by atoms with Crippen molar-refractivity contribution in [2.75, 3.05) is 33.7 Å². The van der Waals surface area contributed by atoms with E-state index in [9.17, 15) is 0 Å². The molecule has 7 heteroatoms. The number of hydrogen-bond acceptors (Lipinski definition) is 3. The molecule has 1 fully saturated rings. The molecule has 1 saturated heterocycles. The van der Waals surface area contributed by atoms with Crippen LogP contribution in [0.25, 0.3) is 0 Å². The average Bonchev–Trinajstić information content (AvgIpc) is 2.75. The molecular formula is C12H25Cl3N4.